The summed E-state index contributed by atoms with van der Waals surface area (Å²) in [5.74, 6) is 1.85. The lowest BCUT2D eigenvalue weighted by Crippen LogP contribution is -2.00. The largest absolute Gasteiger partial charge is 0.455 e. The Morgan fingerprint density at radius 2 is 0.826 bits per heavy atom. The van der Waals surface area contributed by atoms with E-state index in [2.05, 4.69) is 168 Å². The van der Waals surface area contributed by atoms with Crippen molar-refractivity contribution in [2.45, 2.75) is 0 Å². The lowest BCUT2D eigenvalue weighted by molar-refractivity contribution is 0.665. The summed E-state index contributed by atoms with van der Waals surface area (Å²) in [6.07, 6.45) is 0. The number of aromatic nitrogens is 4. The molecule has 0 aliphatic heterocycles. The van der Waals surface area contributed by atoms with Crippen LogP contribution < -0.4 is 0 Å². The average Bonchev–Trinajstić information content (AvgIpc) is 4.12. The number of rotatable bonds is 7. The molecule has 4 heterocycles. The number of para-hydroxylation sites is 3. The molecule has 0 saturated heterocycles. The van der Waals surface area contributed by atoms with Crippen LogP contribution in [0.5, 0.6) is 0 Å². The molecule has 0 amide bonds. The summed E-state index contributed by atoms with van der Waals surface area (Å²) in [5, 5.41) is 6.56. The van der Waals surface area contributed by atoms with Crippen LogP contribution >= 0.6 is 0 Å². The highest BCUT2D eigenvalue weighted by molar-refractivity contribution is 6.20. The van der Waals surface area contributed by atoms with Crippen molar-refractivity contribution in [3.63, 3.8) is 0 Å². The van der Waals surface area contributed by atoms with Gasteiger partial charge in [-0.3, -0.25) is 0 Å². The van der Waals surface area contributed by atoms with Crippen LogP contribution in [0.1, 0.15) is 0 Å². The summed E-state index contributed by atoms with van der Waals surface area (Å²) < 4.78 is 16.3. The molecule has 4 aromatic heterocycles. The third kappa shape index (κ3) is 6.30. The molecule has 14 aromatic rings. The van der Waals surface area contributed by atoms with Crippen LogP contribution in [0.15, 0.2) is 239 Å². The lowest BCUT2D eigenvalue weighted by Gasteiger charge is -2.12. The maximum Gasteiger partial charge on any atom is 0.164 e. The van der Waals surface area contributed by atoms with Crippen molar-refractivity contribution >= 4 is 65.7 Å². The van der Waals surface area contributed by atoms with E-state index in [1.807, 2.05) is 66.7 Å². The first-order chi connectivity index (χ1) is 34.2. The Morgan fingerprint density at radius 1 is 0.290 bits per heavy atom. The van der Waals surface area contributed by atoms with Crippen LogP contribution in [0.2, 0.25) is 0 Å². The van der Waals surface area contributed by atoms with Crippen LogP contribution in [0.3, 0.4) is 0 Å². The smallest absolute Gasteiger partial charge is 0.164 e. The first-order valence-electron chi connectivity index (χ1n) is 23.2. The van der Waals surface area contributed by atoms with Gasteiger partial charge in [-0.2, -0.15) is 0 Å². The quantitative estimate of drug-likeness (QED) is 0.159. The van der Waals surface area contributed by atoms with Crippen molar-refractivity contribution in [3.05, 3.63) is 231 Å². The van der Waals surface area contributed by atoms with E-state index in [1.54, 1.807) is 0 Å². The van der Waals surface area contributed by atoms with E-state index in [-0.39, 0.29) is 0 Å². The van der Waals surface area contributed by atoms with E-state index >= 15 is 0 Å². The molecule has 14 rings (SSSR count). The molecule has 0 atom stereocenters. The Balaban J connectivity index is 0.932. The SMILES string of the molecule is c1ccc(-c2ccc3c(c2)c2ccccc2n3-c2ccc(-c3cccc4c3oc3cccc(-c5cccc(-c6nc(-c7ccccc7)nc(-c7ccccc7)n6)c5)c34)c3oc4ccccc4c23)cc1. The van der Waals surface area contributed by atoms with Gasteiger partial charge in [0.1, 0.15) is 22.3 Å². The second-order valence-corrected chi connectivity index (χ2v) is 17.5. The molecule has 0 spiro atoms. The second kappa shape index (κ2) is 15.6. The Labute approximate surface area is 396 Å². The predicted molar refractivity (Wildman–Crippen MR) is 281 cm³/mol. The highest BCUT2D eigenvalue weighted by atomic mass is 16.3. The number of nitrogens with zero attached hydrogens (tertiary/aromatic N) is 4. The summed E-state index contributed by atoms with van der Waals surface area (Å²) >= 11 is 0. The minimum Gasteiger partial charge on any atom is -0.455 e. The van der Waals surface area contributed by atoms with Crippen molar-refractivity contribution in [2.24, 2.45) is 0 Å². The van der Waals surface area contributed by atoms with Crippen molar-refractivity contribution in [2.75, 3.05) is 0 Å². The molecule has 6 nitrogen and oxygen atoms in total. The molecule has 0 saturated carbocycles. The van der Waals surface area contributed by atoms with E-state index in [1.165, 1.54) is 21.9 Å². The van der Waals surface area contributed by atoms with Crippen LogP contribution in [0.4, 0.5) is 0 Å². The average molecular weight is 883 g/mol. The van der Waals surface area contributed by atoms with Crippen LogP contribution in [0.25, 0.3) is 139 Å². The van der Waals surface area contributed by atoms with E-state index in [4.69, 9.17) is 23.8 Å². The third-order valence-electron chi connectivity index (χ3n) is 13.5. The summed E-state index contributed by atoms with van der Waals surface area (Å²) in [4.78, 5) is 15.0. The fourth-order valence-electron chi connectivity index (χ4n) is 10.3. The van der Waals surface area contributed by atoms with E-state index in [9.17, 15) is 0 Å². The molecule has 6 heteroatoms. The molecule has 322 valence electrons. The first kappa shape index (κ1) is 38.8. The van der Waals surface area contributed by atoms with Crippen molar-refractivity contribution in [1.82, 2.24) is 19.5 Å². The molecule has 0 fully saturated rings. The molecule has 0 N–H and O–H groups in total. The van der Waals surface area contributed by atoms with Crippen LogP contribution in [0, 0.1) is 0 Å². The van der Waals surface area contributed by atoms with Crippen molar-refractivity contribution in [1.29, 1.82) is 0 Å². The molecule has 0 aliphatic rings. The Kier molecular flexibility index (Phi) is 8.79. The zero-order valence-corrected chi connectivity index (χ0v) is 37.0. The molecular formula is C63H38N4O2. The zero-order chi connectivity index (χ0) is 45.4. The fraction of sp³-hybridized carbons (Fsp3) is 0. The van der Waals surface area contributed by atoms with Gasteiger partial charge in [0, 0.05) is 54.7 Å². The fourth-order valence-corrected chi connectivity index (χ4v) is 10.3. The van der Waals surface area contributed by atoms with Gasteiger partial charge in [-0.25, -0.2) is 15.0 Å². The van der Waals surface area contributed by atoms with Gasteiger partial charge in [0.25, 0.3) is 0 Å². The summed E-state index contributed by atoms with van der Waals surface area (Å²) in [5.41, 5.74) is 15.7. The van der Waals surface area contributed by atoms with Gasteiger partial charge in [-0.1, -0.05) is 182 Å². The number of hydrogen-bond acceptors (Lipinski definition) is 5. The standard InChI is InChI=1S/C63H38N4O2/c1-4-17-39(18-5-1)42-33-35-53-51(38-42)46-25-10-12-30-52(46)67(53)54-36-34-48(60-58(54)49-26-11-13-31-55(49)68-60)47-28-15-29-50-57-45(27-16-32-56(57)69-59(47)50)43-23-14-24-44(37-43)63-65-61(40-19-6-2-7-20-40)64-62(66-63)41-21-8-3-9-22-41/h1-38H. The third-order valence-corrected chi connectivity index (χ3v) is 13.5. The Morgan fingerprint density at radius 3 is 1.59 bits per heavy atom. The summed E-state index contributed by atoms with van der Waals surface area (Å²) in [6, 6.07) is 80.2. The zero-order valence-electron chi connectivity index (χ0n) is 37.0. The molecule has 0 aliphatic carbocycles. The molecule has 0 radical (unpaired) electrons. The van der Waals surface area contributed by atoms with Gasteiger partial charge in [0.05, 0.1) is 22.1 Å². The predicted octanol–water partition coefficient (Wildman–Crippen LogP) is 16.8. The van der Waals surface area contributed by atoms with Crippen LogP contribution in [-0.2, 0) is 0 Å². The highest BCUT2D eigenvalue weighted by Gasteiger charge is 2.24. The normalized spacial score (nSPS) is 11.8. The first-order valence-corrected chi connectivity index (χ1v) is 23.2. The van der Waals surface area contributed by atoms with E-state index in [0.717, 1.165) is 99.5 Å². The molecule has 0 unspecified atom stereocenters. The van der Waals surface area contributed by atoms with Gasteiger partial charge in [0.2, 0.25) is 0 Å². The van der Waals surface area contributed by atoms with Crippen LogP contribution in [-0.4, -0.2) is 19.5 Å². The number of hydrogen-bond donors (Lipinski definition) is 0. The monoisotopic (exact) mass is 882 g/mol. The van der Waals surface area contributed by atoms with Crippen molar-refractivity contribution in [3.8, 4) is 73.2 Å². The van der Waals surface area contributed by atoms with Gasteiger partial charge in [-0.15, -0.1) is 0 Å². The number of fused-ring (bicyclic) bond motifs is 9. The minimum absolute atomic E-state index is 0.604. The highest BCUT2D eigenvalue weighted by Crippen LogP contribution is 2.46. The van der Waals surface area contributed by atoms with Gasteiger partial charge in [0.15, 0.2) is 17.5 Å². The number of benzene rings is 10. The number of furan rings is 2. The van der Waals surface area contributed by atoms with Gasteiger partial charge < -0.3 is 13.4 Å². The topological polar surface area (TPSA) is 69.9 Å². The minimum atomic E-state index is 0.604. The molecule has 10 aromatic carbocycles. The molecule has 0 bridgehead atoms. The lowest BCUT2D eigenvalue weighted by atomic mass is 9.95. The van der Waals surface area contributed by atoms with E-state index < -0.39 is 0 Å². The molecular weight excluding hydrogens is 845 g/mol. The van der Waals surface area contributed by atoms with Gasteiger partial charge >= 0.3 is 0 Å². The Bertz CT molecular complexity index is 4250. The molecule has 69 heavy (non-hydrogen) atoms. The van der Waals surface area contributed by atoms with Crippen molar-refractivity contribution < 1.29 is 8.83 Å². The maximum absolute atomic E-state index is 6.95. The second-order valence-electron chi connectivity index (χ2n) is 17.5. The Hall–Kier alpha value is -9.39. The maximum atomic E-state index is 6.95. The summed E-state index contributed by atoms with van der Waals surface area (Å²) in [6.45, 7) is 0. The van der Waals surface area contributed by atoms with Gasteiger partial charge in [-0.05, 0) is 70.8 Å². The van der Waals surface area contributed by atoms with E-state index in [0.29, 0.717) is 17.5 Å². The summed E-state index contributed by atoms with van der Waals surface area (Å²) in [7, 11) is 0.